The summed E-state index contributed by atoms with van der Waals surface area (Å²) in [6, 6.07) is 22.7. The van der Waals surface area contributed by atoms with Crippen molar-refractivity contribution in [2.45, 2.75) is 24.2 Å². The third-order valence-corrected chi connectivity index (χ3v) is 9.10. The molecule has 0 fully saturated rings. The zero-order chi connectivity index (χ0) is 30.8. The van der Waals surface area contributed by atoms with Crippen LogP contribution in [0.15, 0.2) is 83.1 Å². The molecule has 0 saturated carbocycles. The van der Waals surface area contributed by atoms with E-state index >= 15 is 0 Å². The van der Waals surface area contributed by atoms with Crippen LogP contribution in [0, 0.1) is 13.8 Å². The summed E-state index contributed by atoms with van der Waals surface area (Å²) in [6.45, 7) is 4.04. The van der Waals surface area contributed by atoms with E-state index in [4.69, 9.17) is 23.2 Å². The van der Waals surface area contributed by atoms with Gasteiger partial charge in [-0.25, -0.2) is 9.97 Å². The standard InChI is InChI=1S/C32H26Cl2N6O2S2/c1-17-3-7-25-27(11-17)39-31(37-25)43-15-29(41)35-23-9-5-19(13-21(23)33)20-6-10-24(22(34)14-20)36-30(42)16-44-32-38-26-8-4-18(2)12-28(26)40-32/h3-14H,15-16H2,1-2H3,(H,35,41)(H,36,42)(H,37,39)(H,38,40). The number of H-pyrrole nitrogens is 2. The summed E-state index contributed by atoms with van der Waals surface area (Å²) in [4.78, 5) is 40.8. The monoisotopic (exact) mass is 660 g/mol. The van der Waals surface area contributed by atoms with E-state index in [9.17, 15) is 9.59 Å². The highest BCUT2D eigenvalue weighted by Gasteiger charge is 2.13. The SMILES string of the molecule is Cc1ccc2nc(SCC(=O)Nc3ccc(-c4ccc(NC(=O)CSc5nc6ccc(C)cc6[nH]5)c(Cl)c4)cc3Cl)[nH]c2c1. The van der Waals surface area contributed by atoms with E-state index in [0.29, 0.717) is 31.7 Å². The summed E-state index contributed by atoms with van der Waals surface area (Å²) in [5, 5.41) is 7.87. The number of aryl methyl sites for hydroxylation is 2. The number of halogens is 2. The van der Waals surface area contributed by atoms with Crippen molar-refractivity contribution in [2.75, 3.05) is 22.1 Å². The van der Waals surface area contributed by atoms with Crippen LogP contribution in [0.25, 0.3) is 33.2 Å². The van der Waals surface area contributed by atoms with Crippen LogP contribution in [0.2, 0.25) is 10.0 Å². The number of anilines is 2. The van der Waals surface area contributed by atoms with Gasteiger partial charge in [0.25, 0.3) is 0 Å². The van der Waals surface area contributed by atoms with E-state index < -0.39 is 0 Å². The minimum atomic E-state index is -0.196. The van der Waals surface area contributed by atoms with Crippen LogP contribution in [0.1, 0.15) is 11.1 Å². The zero-order valence-corrected chi connectivity index (χ0v) is 26.8. The first kappa shape index (κ1) is 30.1. The molecule has 2 aromatic heterocycles. The maximum atomic E-state index is 12.6. The number of amides is 2. The van der Waals surface area contributed by atoms with E-state index in [2.05, 4.69) is 30.6 Å². The van der Waals surface area contributed by atoms with Crippen molar-refractivity contribution in [1.29, 1.82) is 0 Å². The van der Waals surface area contributed by atoms with Gasteiger partial charge in [0.15, 0.2) is 10.3 Å². The molecule has 4 N–H and O–H groups in total. The van der Waals surface area contributed by atoms with Crippen molar-refractivity contribution in [2.24, 2.45) is 0 Å². The molecular weight excluding hydrogens is 635 g/mol. The Hall–Kier alpha value is -3.96. The second-order valence-electron chi connectivity index (χ2n) is 10.2. The topological polar surface area (TPSA) is 116 Å². The minimum absolute atomic E-state index is 0.177. The Bertz CT molecular complexity index is 1900. The number of carbonyl (C=O) groups excluding carboxylic acids is 2. The quantitative estimate of drug-likeness (QED) is 0.116. The van der Waals surface area contributed by atoms with Crippen molar-refractivity contribution in [3.63, 3.8) is 0 Å². The molecule has 0 aliphatic rings. The minimum Gasteiger partial charge on any atom is -0.333 e. The molecule has 2 heterocycles. The Labute approximate surface area is 271 Å². The van der Waals surface area contributed by atoms with Gasteiger partial charge in [0.1, 0.15) is 0 Å². The molecule has 0 aliphatic carbocycles. The predicted molar refractivity (Wildman–Crippen MR) is 182 cm³/mol. The van der Waals surface area contributed by atoms with Crippen molar-refractivity contribution in [1.82, 2.24) is 19.9 Å². The number of hydrogen-bond acceptors (Lipinski definition) is 6. The summed E-state index contributed by atoms with van der Waals surface area (Å²) in [6.07, 6.45) is 0. The van der Waals surface area contributed by atoms with Gasteiger partial charge in [-0.05, 0) is 84.6 Å². The van der Waals surface area contributed by atoms with Crippen LogP contribution in [0.4, 0.5) is 11.4 Å². The molecule has 0 radical (unpaired) electrons. The molecule has 6 aromatic rings. The Morgan fingerprint density at radius 3 is 1.50 bits per heavy atom. The average Bonchev–Trinajstić information content (AvgIpc) is 3.59. The van der Waals surface area contributed by atoms with Crippen molar-refractivity contribution in [3.05, 3.63) is 94.0 Å². The molecule has 6 rings (SSSR count). The molecule has 44 heavy (non-hydrogen) atoms. The fourth-order valence-electron chi connectivity index (χ4n) is 4.57. The number of fused-ring (bicyclic) bond motifs is 2. The van der Waals surface area contributed by atoms with E-state index in [-0.39, 0.29) is 23.3 Å². The lowest BCUT2D eigenvalue weighted by Gasteiger charge is -2.11. The number of carbonyl (C=O) groups is 2. The fraction of sp³-hybridized carbons (Fsp3) is 0.125. The highest BCUT2D eigenvalue weighted by Crippen LogP contribution is 2.33. The first-order valence-corrected chi connectivity index (χ1v) is 16.3. The fourth-order valence-corrected chi connectivity index (χ4v) is 6.39. The van der Waals surface area contributed by atoms with Crippen molar-refractivity contribution >= 4 is 92.0 Å². The van der Waals surface area contributed by atoms with Crippen molar-refractivity contribution < 1.29 is 9.59 Å². The highest BCUT2D eigenvalue weighted by atomic mass is 35.5. The maximum Gasteiger partial charge on any atom is 0.234 e. The molecule has 0 unspecified atom stereocenters. The number of hydrogen-bond donors (Lipinski definition) is 4. The molecule has 2 amide bonds. The van der Waals surface area contributed by atoms with Gasteiger partial charge < -0.3 is 20.6 Å². The van der Waals surface area contributed by atoms with Gasteiger partial charge in [-0.15, -0.1) is 0 Å². The first-order chi connectivity index (χ1) is 21.2. The predicted octanol–water partition coefficient (Wildman–Crippen LogP) is 8.49. The molecule has 0 aliphatic heterocycles. The third kappa shape index (κ3) is 7.05. The number of thioether (sulfide) groups is 2. The largest absolute Gasteiger partial charge is 0.333 e. The van der Waals surface area contributed by atoms with Crippen LogP contribution in [-0.4, -0.2) is 43.3 Å². The molecular formula is C32H26Cl2N6O2S2. The Balaban J connectivity index is 1.03. The number of nitrogens with zero attached hydrogens (tertiary/aromatic N) is 2. The second kappa shape index (κ2) is 13.0. The number of aromatic amines is 2. The van der Waals surface area contributed by atoms with Gasteiger partial charge in [-0.3, -0.25) is 9.59 Å². The molecule has 0 atom stereocenters. The molecule has 0 saturated heterocycles. The Morgan fingerprint density at radius 1 is 0.659 bits per heavy atom. The van der Waals surface area contributed by atoms with Crippen LogP contribution in [-0.2, 0) is 9.59 Å². The first-order valence-electron chi connectivity index (χ1n) is 13.6. The maximum absolute atomic E-state index is 12.6. The van der Waals surface area contributed by atoms with Crippen molar-refractivity contribution in [3.8, 4) is 11.1 Å². The number of nitrogens with one attached hydrogen (secondary N) is 4. The molecule has 0 spiro atoms. The van der Waals surface area contributed by atoms with Gasteiger partial charge in [0, 0.05) is 0 Å². The van der Waals surface area contributed by atoms with Gasteiger partial charge in [0.2, 0.25) is 11.8 Å². The summed E-state index contributed by atoms with van der Waals surface area (Å²) in [5.41, 5.74) is 8.52. The van der Waals surface area contributed by atoms with E-state index in [0.717, 1.165) is 44.3 Å². The summed E-state index contributed by atoms with van der Waals surface area (Å²) >= 11 is 15.7. The molecule has 12 heteroatoms. The van der Waals surface area contributed by atoms with Crippen LogP contribution >= 0.6 is 46.7 Å². The zero-order valence-electron chi connectivity index (χ0n) is 23.6. The lowest BCUT2D eigenvalue weighted by molar-refractivity contribution is -0.114. The second-order valence-corrected chi connectivity index (χ2v) is 12.9. The normalized spacial score (nSPS) is 11.3. The number of aromatic nitrogens is 4. The average molecular weight is 662 g/mol. The van der Waals surface area contributed by atoms with Gasteiger partial charge in [-0.1, -0.05) is 71.0 Å². The smallest absolute Gasteiger partial charge is 0.234 e. The van der Waals surface area contributed by atoms with E-state index in [1.54, 1.807) is 24.3 Å². The molecule has 222 valence electrons. The molecule has 0 bridgehead atoms. The van der Waals surface area contributed by atoms with Crippen LogP contribution in [0.3, 0.4) is 0 Å². The Kier molecular flexibility index (Phi) is 8.86. The number of benzene rings is 4. The molecule has 8 nitrogen and oxygen atoms in total. The van der Waals surface area contributed by atoms with Gasteiger partial charge in [0.05, 0.1) is 55.0 Å². The number of rotatable bonds is 9. The van der Waals surface area contributed by atoms with E-state index in [1.807, 2.05) is 62.4 Å². The van der Waals surface area contributed by atoms with Gasteiger partial charge in [-0.2, -0.15) is 0 Å². The third-order valence-electron chi connectivity index (χ3n) is 6.73. The lowest BCUT2D eigenvalue weighted by atomic mass is 10.0. The highest BCUT2D eigenvalue weighted by molar-refractivity contribution is 8.00. The number of imidazole rings is 2. The van der Waals surface area contributed by atoms with E-state index in [1.165, 1.54) is 23.5 Å². The lowest BCUT2D eigenvalue weighted by Crippen LogP contribution is -2.14. The molecule has 4 aromatic carbocycles. The van der Waals surface area contributed by atoms with Crippen LogP contribution < -0.4 is 10.6 Å². The summed E-state index contributed by atoms with van der Waals surface area (Å²) < 4.78 is 0. The van der Waals surface area contributed by atoms with Crippen LogP contribution in [0.5, 0.6) is 0 Å². The Morgan fingerprint density at radius 2 is 1.09 bits per heavy atom. The summed E-state index contributed by atoms with van der Waals surface area (Å²) in [5.74, 6) is -0.0391. The summed E-state index contributed by atoms with van der Waals surface area (Å²) in [7, 11) is 0. The van der Waals surface area contributed by atoms with Gasteiger partial charge >= 0.3 is 0 Å².